The van der Waals surface area contributed by atoms with Gasteiger partial charge in [-0.15, -0.1) is 0 Å². The Hall–Kier alpha value is -2.64. The number of benzene rings is 2. The number of hydrogen-bond acceptors (Lipinski definition) is 6. The zero-order valence-electron chi connectivity index (χ0n) is 14.6. The predicted octanol–water partition coefficient (Wildman–Crippen LogP) is 3.77. The lowest BCUT2D eigenvalue weighted by Crippen LogP contribution is -2.15. The summed E-state index contributed by atoms with van der Waals surface area (Å²) in [4.78, 5) is 17.2. The van der Waals surface area contributed by atoms with Gasteiger partial charge < -0.3 is 10.1 Å². The molecule has 3 aromatic rings. The third-order valence-corrected chi connectivity index (χ3v) is 5.26. The third kappa shape index (κ3) is 3.04. The van der Waals surface area contributed by atoms with E-state index in [-0.39, 0.29) is 5.91 Å². The van der Waals surface area contributed by atoms with Gasteiger partial charge in [-0.25, -0.2) is 10.8 Å². The van der Waals surface area contributed by atoms with E-state index in [1.807, 2.05) is 39.0 Å². The van der Waals surface area contributed by atoms with E-state index < -0.39 is 0 Å². The number of methoxy groups -OCH3 is 1. The van der Waals surface area contributed by atoms with Crippen molar-refractivity contribution >= 4 is 38.3 Å². The Morgan fingerprint density at radius 1 is 1.24 bits per heavy atom. The lowest BCUT2D eigenvalue weighted by atomic mass is 10.1. The molecule has 0 atom stereocenters. The number of ether oxygens (including phenoxy) is 1. The van der Waals surface area contributed by atoms with Crippen LogP contribution in [0, 0.1) is 20.8 Å². The summed E-state index contributed by atoms with van der Waals surface area (Å²) >= 11 is 1.46. The van der Waals surface area contributed by atoms with Crippen molar-refractivity contribution in [2.75, 3.05) is 17.9 Å². The molecule has 1 aromatic heterocycles. The van der Waals surface area contributed by atoms with Gasteiger partial charge >= 0.3 is 0 Å². The van der Waals surface area contributed by atoms with Crippen molar-refractivity contribution in [2.45, 2.75) is 20.8 Å². The van der Waals surface area contributed by atoms with E-state index in [1.54, 1.807) is 13.2 Å². The molecule has 4 N–H and O–H groups in total. The van der Waals surface area contributed by atoms with Crippen LogP contribution in [0.1, 0.15) is 27.0 Å². The Labute approximate surface area is 150 Å². The van der Waals surface area contributed by atoms with Gasteiger partial charge in [0.2, 0.25) is 0 Å². The van der Waals surface area contributed by atoms with Crippen molar-refractivity contribution in [1.29, 1.82) is 0 Å². The Bertz CT molecular complexity index is 965. The molecular weight excluding hydrogens is 336 g/mol. The topological polar surface area (TPSA) is 89.3 Å². The highest BCUT2D eigenvalue weighted by Gasteiger charge is 2.18. The van der Waals surface area contributed by atoms with E-state index in [4.69, 9.17) is 10.6 Å². The summed E-state index contributed by atoms with van der Waals surface area (Å²) in [6.45, 7) is 5.83. The molecule has 6 nitrogen and oxygen atoms in total. The number of nitrogens with two attached hydrogens (primary N) is 1. The molecule has 1 heterocycles. The number of aromatic nitrogens is 1. The van der Waals surface area contributed by atoms with Gasteiger partial charge in [0.15, 0.2) is 5.13 Å². The number of hydrogen-bond donors (Lipinski definition) is 3. The number of nitrogen functional groups attached to an aromatic ring is 1. The van der Waals surface area contributed by atoms with E-state index in [1.165, 1.54) is 11.3 Å². The molecule has 0 unspecified atom stereocenters. The van der Waals surface area contributed by atoms with Crippen LogP contribution in [0.4, 0.5) is 10.8 Å². The SMILES string of the molecule is COc1c(C)cccc1C(=O)Nc1c(C)cc2nc(NN)sc2c1C. The maximum Gasteiger partial charge on any atom is 0.259 e. The Morgan fingerprint density at radius 2 is 2.00 bits per heavy atom. The first kappa shape index (κ1) is 17.2. The van der Waals surface area contributed by atoms with Crippen molar-refractivity contribution in [3.05, 3.63) is 46.5 Å². The van der Waals surface area contributed by atoms with Gasteiger partial charge in [-0.05, 0) is 49.6 Å². The molecule has 0 spiro atoms. The fourth-order valence-corrected chi connectivity index (χ4v) is 3.78. The first-order valence-electron chi connectivity index (χ1n) is 7.78. The van der Waals surface area contributed by atoms with Crippen LogP contribution in [0.5, 0.6) is 5.75 Å². The molecule has 3 rings (SSSR count). The second kappa shape index (κ2) is 6.70. The minimum atomic E-state index is -0.201. The number of carbonyl (C=O) groups is 1. The molecule has 0 bridgehead atoms. The molecule has 7 heteroatoms. The van der Waals surface area contributed by atoms with Crippen LogP contribution in [-0.2, 0) is 0 Å². The Balaban J connectivity index is 2.03. The molecule has 0 aliphatic rings. The van der Waals surface area contributed by atoms with Crippen LogP contribution in [-0.4, -0.2) is 18.0 Å². The van der Waals surface area contributed by atoms with E-state index in [0.717, 1.165) is 32.6 Å². The molecule has 0 fully saturated rings. The normalized spacial score (nSPS) is 10.8. The molecule has 25 heavy (non-hydrogen) atoms. The number of fused-ring (bicyclic) bond motifs is 1. The first-order valence-corrected chi connectivity index (χ1v) is 8.60. The van der Waals surface area contributed by atoms with E-state index in [2.05, 4.69) is 15.7 Å². The zero-order chi connectivity index (χ0) is 18.1. The van der Waals surface area contributed by atoms with Crippen LogP contribution in [0.3, 0.4) is 0 Å². The van der Waals surface area contributed by atoms with Crippen molar-refractivity contribution in [3.63, 3.8) is 0 Å². The smallest absolute Gasteiger partial charge is 0.259 e. The number of thiazole rings is 1. The highest BCUT2D eigenvalue weighted by molar-refractivity contribution is 7.22. The average Bonchev–Trinajstić information content (AvgIpc) is 3.01. The van der Waals surface area contributed by atoms with Crippen molar-refractivity contribution < 1.29 is 9.53 Å². The summed E-state index contributed by atoms with van der Waals surface area (Å²) in [6.07, 6.45) is 0. The van der Waals surface area contributed by atoms with E-state index in [9.17, 15) is 4.79 Å². The van der Waals surface area contributed by atoms with Gasteiger partial charge in [0.1, 0.15) is 5.75 Å². The van der Waals surface area contributed by atoms with Gasteiger partial charge in [0, 0.05) is 5.69 Å². The molecule has 0 aliphatic carbocycles. The number of aryl methyl sites for hydroxylation is 3. The lowest BCUT2D eigenvalue weighted by Gasteiger charge is -2.15. The van der Waals surface area contributed by atoms with Gasteiger partial charge in [-0.1, -0.05) is 23.5 Å². The number of nitrogens with zero attached hydrogens (tertiary/aromatic N) is 1. The minimum absolute atomic E-state index is 0.201. The summed E-state index contributed by atoms with van der Waals surface area (Å²) in [7, 11) is 1.57. The highest BCUT2D eigenvalue weighted by atomic mass is 32.1. The van der Waals surface area contributed by atoms with Crippen LogP contribution in [0.15, 0.2) is 24.3 Å². The molecule has 130 valence electrons. The zero-order valence-corrected chi connectivity index (χ0v) is 15.4. The number of anilines is 2. The molecule has 0 aliphatic heterocycles. The van der Waals surface area contributed by atoms with Crippen LogP contribution < -0.4 is 21.3 Å². The number of nitrogens with one attached hydrogen (secondary N) is 2. The second-order valence-corrected chi connectivity index (χ2v) is 6.81. The maximum atomic E-state index is 12.8. The molecule has 0 saturated heterocycles. The van der Waals surface area contributed by atoms with Gasteiger partial charge in [0.05, 0.1) is 22.9 Å². The summed E-state index contributed by atoms with van der Waals surface area (Å²) < 4.78 is 6.38. The fraction of sp³-hybridized carbons (Fsp3) is 0.222. The Morgan fingerprint density at radius 3 is 2.68 bits per heavy atom. The third-order valence-electron chi connectivity index (χ3n) is 4.14. The van der Waals surface area contributed by atoms with Crippen molar-refractivity contribution in [1.82, 2.24) is 4.98 Å². The minimum Gasteiger partial charge on any atom is -0.496 e. The number of para-hydroxylation sites is 1. The number of carbonyl (C=O) groups excluding carboxylic acids is 1. The van der Waals surface area contributed by atoms with Crippen LogP contribution in [0.2, 0.25) is 0 Å². The number of rotatable bonds is 4. The second-order valence-electron chi connectivity index (χ2n) is 5.81. The molecule has 1 amide bonds. The van der Waals surface area contributed by atoms with Gasteiger partial charge in [-0.2, -0.15) is 0 Å². The predicted molar refractivity (Wildman–Crippen MR) is 103 cm³/mol. The monoisotopic (exact) mass is 356 g/mol. The molecular formula is C18H20N4O2S. The molecule has 0 saturated carbocycles. The van der Waals surface area contributed by atoms with Gasteiger partial charge in [0.25, 0.3) is 5.91 Å². The van der Waals surface area contributed by atoms with Crippen LogP contribution in [0.25, 0.3) is 10.2 Å². The Kier molecular flexibility index (Phi) is 4.61. The lowest BCUT2D eigenvalue weighted by molar-refractivity contribution is 0.102. The number of hydrazine groups is 1. The first-order chi connectivity index (χ1) is 12.0. The maximum absolute atomic E-state index is 12.8. The largest absolute Gasteiger partial charge is 0.496 e. The van der Waals surface area contributed by atoms with E-state index in [0.29, 0.717) is 16.4 Å². The summed E-state index contributed by atoms with van der Waals surface area (Å²) in [5.74, 6) is 5.84. The fourth-order valence-electron chi connectivity index (χ4n) is 2.92. The summed E-state index contributed by atoms with van der Waals surface area (Å²) in [5, 5.41) is 3.66. The molecule has 2 aromatic carbocycles. The standard InChI is InChI=1S/C18H20N4O2S/c1-9-6-5-7-12(15(9)24-4)17(23)21-14-10(2)8-13-16(11(14)3)25-18(20-13)22-19/h5-8H,19H2,1-4H3,(H,20,22)(H,21,23). The van der Waals surface area contributed by atoms with E-state index >= 15 is 0 Å². The quantitative estimate of drug-likeness (QED) is 0.489. The molecule has 0 radical (unpaired) electrons. The van der Waals surface area contributed by atoms with Crippen molar-refractivity contribution in [3.8, 4) is 5.75 Å². The van der Waals surface area contributed by atoms with Gasteiger partial charge in [-0.3, -0.25) is 10.2 Å². The van der Waals surface area contributed by atoms with Crippen LogP contribution >= 0.6 is 11.3 Å². The highest BCUT2D eigenvalue weighted by Crippen LogP contribution is 2.35. The summed E-state index contributed by atoms with van der Waals surface area (Å²) in [6, 6.07) is 7.46. The number of amides is 1. The summed E-state index contributed by atoms with van der Waals surface area (Å²) in [5.41, 5.74) is 7.56. The van der Waals surface area contributed by atoms with Crippen molar-refractivity contribution in [2.24, 2.45) is 5.84 Å². The average molecular weight is 356 g/mol.